The third-order valence-corrected chi connectivity index (χ3v) is 9.31. The smallest absolute Gasteiger partial charge is 0.338 e. The van der Waals surface area contributed by atoms with Gasteiger partial charge in [0.2, 0.25) is 0 Å². The van der Waals surface area contributed by atoms with Gasteiger partial charge < -0.3 is 9.47 Å². The number of aryl methyl sites for hydroxylation is 2. The van der Waals surface area contributed by atoms with Crippen LogP contribution in [0.25, 0.3) is 0 Å². The molecule has 46 heavy (non-hydrogen) atoms. The van der Waals surface area contributed by atoms with Crippen LogP contribution < -0.4 is 0 Å². The zero-order chi connectivity index (χ0) is 34.1. The van der Waals surface area contributed by atoms with Gasteiger partial charge in [-0.2, -0.15) is 0 Å². The van der Waals surface area contributed by atoms with Gasteiger partial charge in [0.1, 0.15) is 12.2 Å². The largest absolute Gasteiger partial charge is 0.458 e. The fraction of sp³-hybridized carbons (Fsp3) is 0.667. The molecule has 0 saturated heterocycles. The van der Waals surface area contributed by atoms with E-state index in [0.717, 1.165) is 44.1 Å². The van der Waals surface area contributed by atoms with Crippen LogP contribution in [0.1, 0.15) is 164 Å². The topological polar surface area (TPSA) is 52.6 Å². The van der Waals surface area contributed by atoms with E-state index < -0.39 is 0 Å². The molecule has 2 aromatic carbocycles. The minimum Gasteiger partial charge on any atom is -0.458 e. The van der Waals surface area contributed by atoms with Gasteiger partial charge >= 0.3 is 11.9 Å². The lowest BCUT2D eigenvalue weighted by Gasteiger charge is -2.28. The molecule has 0 aliphatic rings. The van der Waals surface area contributed by atoms with Crippen molar-refractivity contribution in [3.8, 4) is 0 Å². The molecule has 0 radical (unpaired) electrons. The zero-order valence-corrected chi connectivity index (χ0v) is 30.8. The molecular formula is C42H66O4. The molecular weight excluding hydrogens is 568 g/mol. The highest BCUT2D eigenvalue weighted by Gasteiger charge is 2.28. The average molecular weight is 635 g/mol. The van der Waals surface area contributed by atoms with Gasteiger partial charge in [-0.3, -0.25) is 0 Å². The van der Waals surface area contributed by atoms with E-state index >= 15 is 0 Å². The first-order valence-corrected chi connectivity index (χ1v) is 18.6. The number of carbonyl (C=O) groups is 2. The maximum Gasteiger partial charge on any atom is 0.338 e. The summed E-state index contributed by atoms with van der Waals surface area (Å²) in [5.41, 5.74) is 4.91. The molecule has 0 aromatic heterocycles. The van der Waals surface area contributed by atoms with E-state index in [-0.39, 0.29) is 47.8 Å². The van der Waals surface area contributed by atoms with Crippen LogP contribution in [0.4, 0.5) is 0 Å². The summed E-state index contributed by atoms with van der Waals surface area (Å²) in [4.78, 5) is 26.6. The molecule has 0 heterocycles. The molecule has 0 N–H and O–H groups in total. The molecule has 2 rings (SSSR count). The predicted octanol–water partition coefficient (Wildman–Crippen LogP) is 11.6. The number of ether oxygens (including phenoxy) is 2. The zero-order valence-electron chi connectivity index (χ0n) is 30.8. The fourth-order valence-corrected chi connectivity index (χ4v) is 6.62. The Hall–Kier alpha value is -2.62. The number of esters is 2. The number of carbonyl (C=O) groups excluding carboxylic acids is 2. The number of rotatable bonds is 22. The molecule has 4 nitrogen and oxygen atoms in total. The summed E-state index contributed by atoms with van der Waals surface area (Å²) in [5.74, 6) is 0.212. The molecule has 2 aromatic rings. The summed E-state index contributed by atoms with van der Waals surface area (Å²) in [6, 6.07) is 14.0. The molecule has 4 heteroatoms. The summed E-state index contributed by atoms with van der Waals surface area (Å²) in [7, 11) is 0. The molecule has 2 atom stereocenters. The highest BCUT2D eigenvalue weighted by atomic mass is 16.5. The van der Waals surface area contributed by atoms with Gasteiger partial charge in [0.05, 0.1) is 11.1 Å². The van der Waals surface area contributed by atoms with Crippen molar-refractivity contribution in [2.45, 2.75) is 158 Å². The Morgan fingerprint density at radius 3 is 1.61 bits per heavy atom. The van der Waals surface area contributed by atoms with Crippen LogP contribution in [0.15, 0.2) is 42.5 Å². The van der Waals surface area contributed by atoms with Crippen LogP contribution in [-0.2, 0) is 28.7 Å². The Bertz CT molecular complexity index is 1140. The quantitative estimate of drug-likeness (QED) is 0.0955. The molecule has 0 aliphatic carbocycles. The number of unbranched alkanes of at least 4 members (excludes halogenated alkanes) is 8. The molecule has 0 saturated carbocycles. The second-order valence-electron chi connectivity index (χ2n) is 14.7. The highest BCUT2D eigenvalue weighted by molar-refractivity contribution is 5.90. The highest BCUT2D eigenvalue weighted by Crippen LogP contribution is 2.27. The van der Waals surface area contributed by atoms with Crippen LogP contribution in [0.3, 0.4) is 0 Å². The minimum absolute atomic E-state index is 0.0791. The van der Waals surface area contributed by atoms with E-state index in [1.54, 1.807) is 0 Å². The van der Waals surface area contributed by atoms with Crippen LogP contribution in [0.2, 0.25) is 0 Å². The molecule has 0 amide bonds. The van der Waals surface area contributed by atoms with Crippen molar-refractivity contribution in [2.75, 3.05) is 0 Å². The Morgan fingerprint density at radius 1 is 0.543 bits per heavy atom. The van der Waals surface area contributed by atoms with Gasteiger partial charge in [-0.1, -0.05) is 132 Å². The first kappa shape index (κ1) is 39.6. The average Bonchev–Trinajstić information content (AvgIpc) is 3.02. The number of benzene rings is 2. The van der Waals surface area contributed by atoms with Crippen molar-refractivity contribution in [1.82, 2.24) is 0 Å². The van der Waals surface area contributed by atoms with E-state index in [1.165, 1.54) is 56.1 Å². The number of hydrogen-bond acceptors (Lipinski definition) is 4. The third-order valence-electron chi connectivity index (χ3n) is 9.31. The molecule has 0 aliphatic heterocycles. The van der Waals surface area contributed by atoms with Gasteiger partial charge in [0, 0.05) is 0 Å². The van der Waals surface area contributed by atoms with Crippen LogP contribution >= 0.6 is 0 Å². The molecule has 0 bridgehead atoms. The van der Waals surface area contributed by atoms with E-state index in [2.05, 4.69) is 68.4 Å². The van der Waals surface area contributed by atoms with Crippen LogP contribution in [0, 0.1) is 23.7 Å². The lowest BCUT2D eigenvalue weighted by atomic mass is 9.86. The fourth-order valence-electron chi connectivity index (χ4n) is 6.62. The van der Waals surface area contributed by atoms with Crippen LogP contribution in [-0.4, -0.2) is 24.1 Å². The Kier molecular flexibility index (Phi) is 18.3. The van der Waals surface area contributed by atoms with Crippen molar-refractivity contribution in [3.05, 3.63) is 70.3 Å². The molecule has 258 valence electrons. The molecule has 0 spiro atoms. The van der Waals surface area contributed by atoms with Gasteiger partial charge in [0.15, 0.2) is 0 Å². The van der Waals surface area contributed by atoms with E-state index in [1.807, 2.05) is 36.4 Å². The Labute approximate surface area is 282 Å². The normalized spacial score (nSPS) is 13.1. The Balaban J connectivity index is 2.21. The second-order valence-corrected chi connectivity index (χ2v) is 14.7. The van der Waals surface area contributed by atoms with Crippen LogP contribution in [0.5, 0.6) is 0 Å². The maximum absolute atomic E-state index is 13.4. The summed E-state index contributed by atoms with van der Waals surface area (Å²) in [6.45, 7) is 19.3. The third kappa shape index (κ3) is 13.6. The predicted molar refractivity (Wildman–Crippen MR) is 194 cm³/mol. The lowest BCUT2D eigenvalue weighted by molar-refractivity contribution is 0.000394. The summed E-state index contributed by atoms with van der Waals surface area (Å²) < 4.78 is 12.2. The van der Waals surface area contributed by atoms with E-state index in [4.69, 9.17) is 9.47 Å². The second kappa shape index (κ2) is 21.3. The van der Waals surface area contributed by atoms with Gasteiger partial charge in [-0.25, -0.2) is 9.59 Å². The summed E-state index contributed by atoms with van der Waals surface area (Å²) in [6.07, 6.45) is 14.9. The van der Waals surface area contributed by atoms with Gasteiger partial charge in [-0.15, -0.1) is 0 Å². The first-order valence-electron chi connectivity index (χ1n) is 18.6. The van der Waals surface area contributed by atoms with Crippen molar-refractivity contribution in [3.63, 3.8) is 0 Å². The van der Waals surface area contributed by atoms with Crippen molar-refractivity contribution in [1.29, 1.82) is 0 Å². The van der Waals surface area contributed by atoms with E-state index in [0.29, 0.717) is 11.1 Å². The summed E-state index contributed by atoms with van der Waals surface area (Å²) in [5, 5.41) is 0. The van der Waals surface area contributed by atoms with Crippen molar-refractivity contribution < 1.29 is 19.1 Å². The number of hydrogen-bond donors (Lipinski definition) is 0. The standard InChI is InChI=1S/C42H66O4/c1-10-12-14-15-16-17-18-19-21-35-26-27-37(42(44)45-39(30(3)4)31(5)6)29-38(35)28-33(9)40(32(7)8)46-41(43)36-24-22-34(23-25-36)20-13-11-2/h22-27,29-33,39-40H,10-21,28H2,1-9H3. The van der Waals surface area contributed by atoms with Gasteiger partial charge in [0.25, 0.3) is 0 Å². The summed E-state index contributed by atoms with van der Waals surface area (Å²) >= 11 is 0. The molecule has 2 unspecified atom stereocenters. The van der Waals surface area contributed by atoms with E-state index in [9.17, 15) is 9.59 Å². The monoisotopic (exact) mass is 634 g/mol. The van der Waals surface area contributed by atoms with Gasteiger partial charge in [-0.05, 0) is 96.7 Å². The molecule has 0 fully saturated rings. The Morgan fingerprint density at radius 2 is 1.04 bits per heavy atom. The SMILES string of the molecule is CCCCCCCCCCc1ccc(C(=O)OC(C(C)C)C(C)C)cc1CC(C)C(OC(=O)c1ccc(CCCC)cc1)C(C)C. The van der Waals surface area contributed by atoms with Crippen molar-refractivity contribution in [2.24, 2.45) is 23.7 Å². The first-order chi connectivity index (χ1) is 22.0. The maximum atomic E-state index is 13.4. The minimum atomic E-state index is -0.266. The lowest BCUT2D eigenvalue weighted by Crippen LogP contribution is -2.32. The van der Waals surface area contributed by atoms with Crippen molar-refractivity contribution >= 4 is 11.9 Å².